The number of aliphatic hydroxyl groups is 8. The Morgan fingerprint density at radius 1 is 0.696 bits per heavy atom. The van der Waals surface area contributed by atoms with Gasteiger partial charge in [0, 0.05) is 0 Å². The molecule has 0 aromatic rings. The molecule has 0 bridgehead atoms. The van der Waals surface area contributed by atoms with E-state index in [1.165, 1.54) is 0 Å². The molecule has 2 aliphatic rings. The van der Waals surface area contributed by atoms with Crippen molar-refractivity contribution in [2.24, 2.45) is 0 Å². The van der Waals surface area contributed by atoms with Gasteiger partial charge in [0.15, 0.2) is 12.6 Å². The van der Waals surface area contributed by atoms with Gasteiger partial charge in [-0.2, -0.15) is 0 Å². The highest BCUT2D eigenvalue weighted by Gasteiger charge is 2.49. The van der Waals surface area contributed by atoms with Crippen LogP contribution < -0.4 is 0 Å². The molecule has 11 nitrogen and oxygen atoms in total. The standard InChI is InChI=1S/C12H22O11/c13-1-3-5(15)7(17)9(19)11(21-3)23-12-10(20)8(18)6(16)4(2-14)22-12/h3-20H,1-2H2/t3-,4-,5-,6-,7+,8+,9-,10-,11-,12-/m1/s1/i1D2,2D2,5D,6D,7D,8D,9D,10D. The van der Waals surface area contributed by atoms with Gasteiger partial charge in [0.1, 0.15) is 48.7 Å². The Bertz CT molecular complexity index is 700. The summed E-state index contributed by atoms with van der Waals surface area (Å²) in [5.41, 5.74) is 0. The van der Waals surface area contributed by atoms with Crippen molar-refractivity contribution in [3.63, 3.8) is 0 Å². The molecule has 10 atom stereocenters. The molecule has 0 aliphatic carbocycles. The second-order valence-electron chi connectivity index (χ2n) is 4.33. The summed E-state index contributed by atoms with van der Waals surface area (Å²) in [6, 6.07) is 0. The molecule has 2 saturated heterocycles. The average Bonchev–Trinajstić information content (AvgIpc) is 2.55. The maximum Gasteiger partial charge on any atom is 0.189 e. The van der Waals surface area contributed by atoms with Crippen LogP contribution in [0.25, 0.3) is 0 Å². The van der Waals surface area contributed by atoms with Crippen LogP contribution in [0.3, 0.4) is 0 Å². The van der Waals surface area contributed by atoms with E-state index < -0.39 is 74.4 Å². The molecule has 2 aliphatic heterocycles. The van der Waals surface area contributed by atoms with E-state index in [9.17, 15) is 40.9 Å². The van der Waals surface area contributed by atoms with Gasteiger partial charge in [0.05, 0.1) is 26.8 Å². The lowest BCUT2D eigenvalue weighted by Gasteiger charge is -2.44. The lowest BCUT2D eigenvalue weighted by atomic mass is 9.98. The van der Waals surface area contributed by atoms with Crippen molar-refractivity contribution in [1.29, 1.82) is 0 Å². The summed E-state index contributed by atoms with van der Waals surface area (Å²) in [4.78, 5) is 0. The van der Waals surface area contributed by atoms with E-state index >= 15 is 0 Å². The summed E-state index contributed by atoms with van der Waals surface area (Å²) in [5.74, 6) is 0. The minimum Gasteiger partial charge on any atom is -0.394 e. The summed E-state index contributed by atoms with van der Waals surface area (Å²) < 4.78 is 88.3. The molecule has 11 heteroatoms. The first kappa shape index (κ1) is 9.31. The van der Waals surface area contributed by atoms with E-state index in [-0.39, 0.29) is 0 Å². The lowest BCUT2D eigenvalue weighted by molar-refractivity contribution is -0.376. The van der Waals surface area contributed by atoms with Gasteiger partial charge in [-0.05, 0) is 0 Å². The van der Waals surface area contributed by atoms with Gasteiger partial charge in [-0.3, -0.25) is 0 Å². The maximum absolute atomic E-state index is 10.2. The molecule has 2 fully saturated rings. The summed E-state index contributed by atoms with van der Waals surface area (Å²) >= 11 is 0. The molecular formula is C12H22O11. The number of rotatable bonds is 4. The van der Waals surface area contributed by atoms with Crippen molar-refractivity contribution in [3.8, 4) is 0 Å². The zero-order valence-corrected chi connectivity index (χ0v) is 11.1. The van der Waals surface area contributed by atoms with E-state index in [1.54, 1.807) is 0 Å². The third-order valence-electron chi connectivity index (χ3n) is 2.91. The molecule has 23 heavy (non-hydrogen) atoms. The summed E-state index contributed by atoms with van der Waals surface area (Å²) in [6.45, 7) is -7.56. The van der Waals surface area contributed by atoms with Crippen LogP contribution in [0.4, 0.5) is 0 Å². The van der Waals surface area contributed by atoms with Crippen molar-refractivity contribution in [3.05, 3.63) is 0 Å². The van der Waals surface area contributed by atoms with E-state index in [0.29, 0.717) is 0 Å². The minimum atomic E-state index is -4.18. The molecule has 0 saturated carbocycles. The molecule has 0 aromatic heterocycles. The van der Waals surface area contributed by atoms with Crippen molar-refractivity contribution < 1.29 is 68.8 Å². The van der Waals surface area contributed by atoms with Crippen LogP contribution in [0.15, 0.2) is 0 Å². The molecular weight excluding hydrogens is 320 g/mol. The Morgan fingerprint density at radius 2 is 1.04 bits per heavy atom. The lowest BCUT2D eigenvalue weighted by Crippen LogP contribution is -2.63. The van der Waals surface area contributed by atoms with Crippen LogP contribution in [-0.4, -0.2) is 115 Å². The minimum absolute atomic E-state index is 3.01. The first-order chi connectivity index (χ1) is 14.2. The molecule has 2 heterocycles. The first-order valence-electron chi connectivity index (χ1n) is 10.9. The van der Waals surface area contributed by atoms with Gasteiger partial charge in [-0.15, -0.1) is 0 Å². The van der Waals surface area contributed by atoms with Crippen molar-refractivity contribution in [2.45, 2.75) is 61.3 Å². The fourth-order valence-corrected chi connectivity index (χ4v) is 1.73. The van der Waals surface area contributed by atoms with Gasteiger partial charge >= 0.3 is 0 Å². The summed E-state index contributed by atoms with van der Waals surface area (Å²) in [5, 5.41) is 79.7. The second kappa shape index (κ2) is 7.63. The average molecular weight is 352 g/mol. The Kier molecular flexibility index (Phi) is 3.09. The zero-order valence-electron chi connectivity index (χ0n) is 21.1. The van der Waals surface area contributed by atoms with E-state index in [0.717, 1.165) is 0 Å². The third-order valence-corrected chi connectivity index (χ3v) is 2.91. The zero-order chi connectivity index (χ0) is 26.4. The normalized spacial score (nSPS) is 78.4. The van der Waals surface area contributed by atoms with Gasteiger partial charge < -0.3 is 55.1 Å². The monoisotopic (exact) mass is 352 g/mol. The molecule has 136 valence electrons. The van der Waals surface area contributed by atoms with Crippen LogP contribution in [0.1, 0.15) is 13.7 Å². The molecule has 0 amide bonds. The maximum atomic E-state index is 10.2. The van der Waals surface area contributed by atoms with Gasteiger partial charge in [-0.1, -0.05) is 0 Å². The molecule has 8 N–H and O–H groups in total. The molecule has 0 aromatic carbocycles. The van der Waals surface area contributed by atoms with Crippen LogP contribution in [-0.2, 0) is 14.2 Å². The second-order valence-corrected chi connectivity index (χ2v) is 4.33. The van der Waals surface area contributed by atoms with E-state index in [4.69, 9.17) is 13.7 Å². The summed E-state index contributed by atoms with van der Waals surface area (Å²) in [6.07, 6.45) is -36.6. The summed E-state index contributed by atoms with van der Waals surface area (Å²) in [7, 11) is 0. The van der Waals surface area contributed by atoms with E-state index in [1.807, 2.05) is 0 Å². The van der Waals surface area contributed by atoms with Crippen molar-refractivity contribution in [1.82, 2.24) is 0 Å². The SMILES string of the molecule is [2H]C([2H])(O)[C@H]1O[C@H](O[C@H]2O[C@H](C([2H])([2H])O)[C@@]([2H])(O)[C@]([2H])(O)[C@@]2([2H])O)[C@]([2H])(O)[C@@]([2H])(O)[C@]1([2H])O. The highest BCUT2D eigenvalue weighted by molar-refractivity contribution is 4.92. The molecule has 0 spiro atoms. The van der Waals surface area contributed by atoms with Gasteiger partial charge in [-0.25, -0.2) is 0 Å². The first-order valence-corrected chi connectivity index (χ1v) is 5.94. The third kappa shape index (κ3) is 3.65. The van der Waals surface area contributed by atoms with Crippen molar-refractivity contribution >= 4 is 0 Å². The van der Waals surface area contributed by atoms with Crippen molar-refractivity contribution in [2.75, 3.05) is 13.1 Å². The molecule has 0 radical (unpaired) electrons. The largest absolute Gasteiger partial charge is 0.394 e. The van der Waals surface area contributed by atoms with Gasteiger partial charge in [0.25, 0.3) is 0 Å². The Labute approximate surface area is 144 Å². The highest BCUT2D eigenvalue weighted by atomic mass is 16.8. The number of hydrogen-bond donors (Lipinski definition) is 8. The molecule has 2 rings (SSSR count). The predicted molar refractivity (Wildman–Crippen MR) is 68.6 cm³/mol. The Hall–Kier alpha value is -0.440. The van der Waals surface area contributed by atoms with Gasteiger partial charge in [0.2, 0.25) is 0 Å². The fraction of sp³-hybridized carbons (Fsp3) is 1.00. The van der Waals surface area contributed by atoms with Crippen LogP contribution in [0.5, 0.6) is 0 Å². The quantitative estimate of drug-likeness (QED) is 0.241. The molecule has 0 unspecified atom stereocenters. The van der Waals surface area contributed by atoms with E-state index in [2.05, 4.69) is 14.2 Å². The predicted octanol–water partition coefficient (Wildman–Crippen LogP) is -5.40. The van der Waals surface area contributed by atoms with Crippen LogP contribution >= 0.6 is 0 Å². The number of hydrogen-bond acceptors (Lipinski definition) is 11. The topological polar surface area (TPSA) is 190 Å². The number of ether oxygens (including phenoxy) is 3. The smallest absolute Gasteiger partial charge is 0.189 e. The fourth-order valence-electron chi connectivity index (χ4n) is 1.73. The van der Waals surface area contributed by atoms with Crippen LogP contribution in [0.2, 0.25) is 0 Å². The Balaban J connectivity index is 2.57. The van der Waals surface area contributed by atoms with Crippen LogP contribution in [0, 0.1) is 0 Å². The Morgan fingerprint density at radius 3 is 1.35 bits per heavy atom. The highest BCUT2D eigenvalue weighted by Crippen LogP contribution is 2.27.